The maximum Gasteiger partial charge on any atom is 0.321 e. The molecule has 0 bridgehead atoms. The number of benzene rings is 1. The van der Waals surface area contributed by atoms with Gasteiger partial charge in [-0.15, -0.1) is 0 Å². The van der Waals surface area contributed by atoms with Gasteiger partial charge in [0, 0.05) is 50.9 Å². The second-order valence-electron chi connectivity index (χ2n) is 8.34. The Morgan fingerprint density at radius 3 is 2.44 bits per heavy atom. The molecular weight excluding hydrogens is 340 g/mol. The molecule has 0 aromatic heterocycles. The zero-order valence-corrected chi connectivity index (χ0v) is 17.0. The largest absolute Gasteiger partial charge is 0.346 e. The lowest BCUT2D eigenvalue weighted by Crippen LogP contribution is -2.62. The van der Waals surface area contributed by atoms with Crippen molar-refractivity contribution in [3.05, 3.63) is 29.8 Å². The first-order chi connectivity index (χ1) is 12.8. The molecule has 6 nitrogen and oxygen atoms in total. The molecule has 3 rings (SSSR count). The lowest BCUT2D eigenvalue weighted by Gasteiger charge is -2.49. The Balaban J connectivity index is 1.67. The van der Waals surface area contributed by atoms with Crippen LogP contribution >= 0.6 is 0 Å². The lowest BCUT2D eigenvalue weighted by atomic mass is 9.86. The van der Waals surface area contributed by atoms with E-state index in [1.54, 1.807) is 0 Å². The van der Waals surface area contributed by atoms with Crippen molar-refractivity contribution in [2.24, 2.45) is 0 Å². The number of urea groups is 1. The van der Waals surface area contributed by atoms with Crippen molar-refractivity contribution in [1.29, 1.82) is 0 Å². The van der Waals surface area contributed by atoms with Crippen LogP contribution in [-0.2, 0) is 4.79 Å². The molecule has 0 saturated carbocycles. The molecule has 2 heterocycles. The fourth-order valence-corrected chi connectivity index (χ4v) is 4.09. The van der Waals surface area contributed by atoms with Crippen molar-refractivity contribution >= 4 is 17.6 Å². The molecule has 2 aliphatic heterocycles. The molecule has 1 spiro atoms. The average Bonchev–Trinajstić information content (AvgIpc) is 2.79. The van der Waals surface area contributed by atoms with E-state index in [9.17, 15) is 9.59 Å². The molecular formula is C21H32N4O2. The van der Waals surface area contributed by atoms with E-state index >= 15 is 0 Å². The van der Waals surface area contributed by atoms with Crippen molar-refractivity contribution in [1.82, 2.24) is 14.7 Å². The molecule has 1 atom stereocenters. The van der Waals surface area contributed by atoms with E-state index in [2.05, 4.69) is 43.2 Å². The Kier molecular flexibility index (Phi) is 5.75. The van der Waals surface area contributed by atoms with Crippen molar-refractivity contribution in [2.75, 3.05) is 45.6 Å². The second kappa shape index (κ2) is 7.89. The molecule has 1 aromatic rings. The minimum atomic E-state index is -0.114. The minimum Gasteiger partial charge on any atom is -0.346 e. The molecule has 0 unspecified atom stereocenters. The third kappa shape index (κ3) is 4.26. The standard InChI is InChI=1S/C21H32N4O2/c1-16(2)17-5-7-18(8-6-17)22-20(27)25-14-13-24(4)21(15-25)10-9-19(26)23(3)12-11-21/h5-8,16H,9-15H2,1-4H3,(H,22,27)/t21-/m1/s1. The van der Waals surface area contributed by atoms with Crippen molar-refractivity contribution < 1.29 is 9.59 Å². The summed E-state index contributed by atoms with van der Waals surface area (Å²) in [5.41, 5.74) is 1.98. The number of likely N-dealkylation sites (N-methyl/N-ethyl adjacent to an activating group) is 1. The predicted octanol–water partition coefficient (Wildman–Crippen LogP) is 2.97. The fraction of sp³-hybridized carbons (Fsp3) is 0.619. The van der Waals surface area contributed by atoms with Crippen LogP contribution in [0, 0.1) is 0 Å². The van der Waals surface area contributed by atoms with Gasteiger partial charge in [0.05, 0.1) is 0 Å². The van der Waals surface area contributed by atoms with Crippen LogP contribution in [0.25, 0.3) is 0 Å². The summed E-state index contributed by atoms with van der Waals surface area (Å²) in [6.07, 6.45) is 2.26. The van der Waals surface area contributed by atoms with Crippen molar-refractivity contribution in [3.8, 4) is 0 Å². The van der Waals surface area contributed by atoms with Crippen LogP contribution in [0.3, 0.4) is 0 Å². The maximum absolute atomic E-state index is 12.9. The summed E-state index contributed by atoms with van der Waals surface area (Å²) in [7, 11) is 3.99. The van der Waals surface area contributed by atoms with Crippen LogP contribution in [0.4, 0.5) is 10.5 Å². The number of anilines is 1. The molecule has 1 N–H and O–H groups in total. The number of nitrogens with one attached hydrogen (secondary N) is 1. The molecule has 2 saturated heterocycles. The first kappa shape index (κ1) is 19.7. The quantitative estimate of drug-likeness (QED) is 0.868. The highest BCUT2D eigenvalue weighted by Crippen LogP contribution is 2.32. The predicted molar refractivity (Wildman–Crippen MR) is 108 cm³/mol. The Hall–Kier alpha value is -2.08. The van der Waals surface area contributed by atoms with E-state index in [1.165, 1.54) is 5.56 Å². The first-order valence-electron chi connectivity index (χ1n) is 9.92. The molecule has 27 heavy (non-hydrogen) atoms. The third-order valence-corrected chi connectivity index (χ3v) is 6.26. The smallest absolute Gasteiger partial charge is 0.321 e. The minimum absolute atomic E-state index is 0.0521. The summed E-state index contributed by atoms with van der Waals surface area (Å²) in [6.45, 7) is 7.27. The molecule has 6 heteroatoms. The van der Waals surface area contributed by atoms with Gasteiger partial charge >= 0.3 is 6.03 Å². The number of carbonyl (C=O) groups is 2. The number of hydrogen-bond donors (Lipinski definition) is 1. The van der Waals surface area contributed by atoms with Gasteiger partial charge in [-0.1, -0.05) is 26.0 Å². The number of nitrogens with zero attached hydrogens (tertiary/aromatic N) is 3. The summed E-state index contributed by atoms with van der Waals surface area (Å²) in [5, 5.41) is 3.04. The third-order valence-electron chi connectivity index (χ3n) is 6.26. The van der Waals surface area contributed by atoms with Gasteiger partial charge in [0.2, 0.25) is 5.91 Å². The molecule has 0 aliphatic carbocycles. The van der Waals surface area contributed by atoms with Crippen molar-refractivity contribution in [2.45, 2.75) is 44.6 Å². The van der Waals surface area contributed by atoms with Gasteiger partial charge in [-0.25, -0.2) is 4.79 Å². The van der Waals surface area contributed by atoms with Crippen molar-refractivity contribution in [3.63, 3.8) is 0 Å². The van der Waals surface area contributed by atoms with Crippen LogP contribution in [-0.4, -0.2) is 72.5 Å². The van der Waals surface area contributed by atoms with Gasteiger partial charge in [0.25, 0.3) is 0 Å². The second-order valence-corrected chi connectivity index (χ2v) is 8.34. The van der Waals surface area contributed by atoms with Crippen LogP contribution < -0.4 is 5.32 Å². The highest BCUT2D eigenvalue weighted by atomic mass is 16.2. The fourth-order valence-electron chi connectivity index (χ4n) is 4.09. The highest BCUT2D eigenvalue weighted by Gasteiger charge is 2.42. The molecule has 148 valence electrons. The highest BCUT2D eigenvalue weighted by molar-refractivity contribution is 5.89. The van der Waals surface area contributed by atoms with Crippen LogP contribution in [0.2, 0.25) is 0 Å². The van der Waals surface area contributed by atoms with Gasteiger partial charge < -0.3 is 15.1 Å². The molecule has 3 amide bonds. The summed E-state index contributed by atoms with van der Waals surface area (Å²) in [5.74, 6) is 0.676. The topological polar surface area (TPSA) is 55.9 Å². The number of carbonyl (C=O) groups excluding carboxylic acids is 2. The van der Waals surface area contributed by atoms with E-state index in [4.69, 9.17) is 0 Å². The van der Waals surface area contributed by atoms with Gasteiger partial charge in [-0.3, -0.25) is 9.69 Å². The number of rotatable bonds is 2. The van der Waals surface area contributed by atoms with E-state index in [1.807, 2.05) is 29.0 Å². The molecule has 1 aromatic carbocycles. The first-order valence-corrected chi connectivity index (χ1v) is 9.92. The lowest BCUT2D eigenvalue weighted by molar-refractivity contribution is -0.129. The Labute approximate surface area is 162 Å². The van der Waals surface area contributed by atoms with E-state index in [0.717, 1.165) is 31.6 Å². The van der Waals surface area contributed by atoms with E-state index < -0.39 is 0 Å². The Morgan fingerprint density at radius 2 is 1.78 bits per heavy atom. The van der Waals surface area contributed by atoms with E-state index in [-0.39, 0.29) is 17.5 Å². The number of likely N-dealkylation sites (tertiary alicyclic amines) is 1. The summed E-state index contributed by atoms with van der Waals surface area (Å²) in [6, 6.07) is 8.02. The number of hydrogen-bond acceptors (Lipinski definition) is 3. The normalized spacial score (nSPS) is 24.4. The number of piperazine rings is 1. The maximum atomic E-state index is 12.9. The summed E-state index contributed by atoms with van der Waals surface area (Å²) >= 11 is 0. The molecule has 2 aliphatic rings. The van der Waals surface area contributed by atoms with Gasteiger partial charge in [-0.05, 0) is 43.5 Å². The van der Waals surface area contributed by atoms with Gasteiger partial charge in [0.1, 0.15) is 0 Å². The average molecular weight is 373 g/mol. The Morgan fingerprint density at radius 1 is 1.07 bits per heavy atom. The summed E-state index contributed by atoms with van der Waals surface area (Å²) in [4.78, 5) is 31.0. The molecule has 2 fully saturated rings. The SMILES string of the molecule is CC(C)c1ccc(NC(=O)N2CCN(C)[C@@]3(CCC(=O)N(C)CC3)C2)cc1. The number of amides is 3. The zero-order chi connectivity index (χ0) is 19.6. The van der Waals surface area contributed by atoms with Crippen LogP contribution in [0.1, 0.15) is 44.6 Å². The molecule has 0 radical (unpaired) electrons. The monoisotopic (exact) mass is 372 g/mol. The van der Waals surface area contributed by atoms with Gasteiger partial charge in [-0.2, -0.15) is 0 Å². The summed E-state index contributed by atoms with van der Waals surface area (Å²) < 4.78 is 0. The van der Waals surface area contributed by atoms with Crippen LogP contribution in [0.5, 0.6) is 0 Å². The van der Waals surface area contributed by atoms with Crippen LogP contribution in [0.15, 0.2) is 24.3 Å². The van der Waals surface area contributed by atoms with E-state index in [0.29, 0.717) is 25.4 Å². The zero-order valence-electron chi connectivity index (χ0n) is 17.0. The van der Waals surface area contributed by atoms with Gasteiger partial charge in [0.15, 0.2) is 0 Å². The Bertz CT molecular complexity index is 688.